The van der Waals surface area contributed by atoms with Gasteiger partial charge in [-0.3, -0.25) is 4.90 Å². The molecule has 2 atom stereocenters. The highest BCUT2D eigenvalue weighted by Gasteiger charge is 2.23. The Bertz CT molecular complexity index is 187. The van der Waals surface area contributed by atoms with Crippen LogP contribution in [0, 0.1) is 0 Å². The first kappa shape index (κ1) is 12.3. The van der Waals surface area contributed by atoms with Crippen molar-refractivity contribution in [1.29, 1.82) is 0 Å². The molecular formula is C12H24N2O2. The van der Waals surface area contributed by atoms with Crippen molar-refractivity contribution >= 4 is 0 Å². The van der Waals surface area contributed by atoms with Crippen molar-refractivity contribution in [2.75, 3.05) is 45.9 Å². The topological polar surface area (TPSA) is 33.7 Å². The maximum Gasteiger partial charge on any atom is 0.0936 e. The van der Waals surface area contributed by atoms with E-state index in [0.717, 1.165) is 52.4 Å². The number of rotatable bonds is 4. The highest BCUT2D eigenvalue weighted by atomic mass is 16.6. The van der Waals surface area contributed by atoms with Crippen LogP contribution in [0.3, 0.4) is 0 Å². The Labute approximate surface area is 98.3 Å². The lowest BCUT2D eigenvalue weighted by Gasteiger charge is -2.34. The molecule has 0 aromatic carbocycles. The third kappa shape index (κ3) is 3.70. The SMILES string of the molecule is CCCC1COC(CN2CCNCC2)CO1. The third-order valence-corrected chi connectivity index (χ3v) is 3.32. The Hall–Kier alpha value is -0.160. The van der Waals surface area contributed by atoms with Crippen LogP contribution >= 0.6 is 0 Å². The van der Waals surface area contributed by atoms with E-state index in [1.807, 2.05) is 0 Å². The quantitative estimate of drug-likeness (QED) is 0.758. The van der Waals surface area contributed by atoms with E-state index >= 15 is 0 Å². The minimum atomic E-state index is 0.284. The molecule has 2 rings (SSSR count). The van der Waals surface area contributed by atoms with Crippen LogP contribution in [0.5, 0.6) is 0 Å². The van der Waals surface area contributed by atoms with E-state index in [9.17, 15) is 0 Å². The summed E-state index contributed by atoms with van der Waals surface area (Å²) in [6.45, 7) is 9.25. The summed E-state index contributed by atoms with van der Waals surface area (Å²) in [4.78, 5) is 2.46. The number of nitrogens with one attached hydrogen (secondary N) is 1. The Morgan fingerprint density at radius 1 is 1.12 bits per heavy atom. The van der Waals surface area contributed by atoms with E-state index in [1.165, 1.54) is 6.42 Å². The zero-order valence-electron chi connectivity index (χ0n) is 10.3. The van der Waals surface area contributed by atoms with Gasteiger partial charge in [0.25, 0.3) is 0 Å². The maximum absolute atomic E-state index is 5.86. The van der Waals surface area contributed by atoms with Gasteiger partial charge in [-0.05, 0) is 6.42 Å². The summed E-state index contributed by atoms with van der Waals surface area (Å²) in [5, 5.41) is 3.36. The van der Waals surface area contributed by atoms with Crippen LogP contribution in [0.1, 0.15) is 19.8 Å². The Morgan fingerprint density at radius 3 is 2.44 bits per heavy atom. The van der Waals surface area contributed by atoms with Crippen LogP contribution in [0.25, 0.3) is 0 Å². The normalized spacial score (nSPS) is 32.8. The second kappa shape index (κ2) is 6.55. The number of ether oxygens (including phenoxy) is 2. The smallest absolute Gasteiger partial charge is 0.0936 e. The molecule has 2 saturated heterocycles. The van der Waals surface area contributed by atoms with E-state index < -0.39 is 0 Å². The molecule has 0 aliphatic carbocycles. The van der Waals surface area contributed by atoms with E-state index in [4.69, 9.17) is 9.47 Å². The molecule has 0 spiro atoms. The zero-order chi connectivity index (χ0) is 11.2. The van der Waals surface area contributed by atoms with Crippen LogP contribution < -0.4 is 5.32 Å². The van der Waals surface area contributed by atoms with E-state index in [0.29, 0.717) is 6.10 Å². The van der Waals surface area contributed by atoms with Gasteiger partial charge in [-0.15, -0.1) is 0 Å². The predicted molar refractivity (Wildman–Crippen MR) is 63.7 cm³/mol. The molecular weight excluding hydrogens is 204 g/mol. The van der Waals surface area contributed by atoms with Crippen molar-refractivity contribution in [3.05, 3.63) is 0 Å². The minimum Gasteiger partial charge on any atom is -0.373 e. The third-order valence-electron chi connectivity index (χ3n) is 3.32. The Kier molecular flexibility index (Phi) is 5.03. The monoisotopic (exact) mass is 228 g/mol. The molecule has 2 fully saturated rings. The van der Waals surface area contributed by atoms with Crippen LogP contribution in [0.15, 0.2) is 0 Å². The van der Waals surface area contributed by atoms with Gasteiger partial charge in [0, 0.05) is 32.7 Å². The second-order valence-electron chi connectivity index (χ2n) is 4.75. The molecule has 2 aliphatic rings. The Balaban J connectivity index is 1.64. The van der Waals surface area contributed by atoms with Crippen LogP contribution in [-0.2, 0) is 9.47 Å². The molecule has 0 aromatic heterocycles. The fourth-order valence-electron chi connectivity index (χ4n) is 2.36. The van der Waals surface area contributed by atoms with Gasteiger partial charge < -0.3 is 14.8 Å². The lowest BCUT2D eigenvalue weighted by Crippen LogP contribution is -2.49. The standard InChI is InChI=1S/C12H24N2O2/c1-2-3-11-9-16-12(10-15-11)8-14-6-4-13-5-7-14/h11-13H,2-10H2,1H3. The lowest BCUT2D eigenvalue weighted by molar-refractivity contribution is -0.141. The van der Waals surface area contributed by atoms with Crippen LogP contribution in [-0.4, -0.2) is 63.0 Å². The molecule has 0 radical (unpaired) electrons. The number of piperazine rings is 1. The molecule has 0 amide bonds. The van der Waals surface area contributed by atoms with Crippen molar-refractivity contribution in [3.63, 3.8) is 0 Å². The van der Waals surface area contributed by atoms with Gasteiger partial charge in [-0.1, -0.05) is 13.3 Å². The number of hydrogen-bond acceptors (Lipinski definition) is 4. The highest BCUT2D eigenvalue weighted by Crippen LogP contribution is 2.12. The van der Waals surface area contributed by atoms with Crippen molar-refractivity contribution in [2.24, 2.45) is 0 Å². The predicted octanol–water partition coefficient (Wildman–Crippen LogP) is 0.476. The average Bonchev–Trinajstić information content (AvgIpc) is 2.33. The molecule has 2 heterocycles. The van der Waals surface area contributed by atoms with Gasteiger partial charge in [0.05, 0.1) is 25.4 Å². The van der Waals surface area contributed by atoms with Crippen molar-refractivity contribution < 1.29 is 9.47 Å². The van der Waals surface area contributed by atoms with E-state index in [-0.39, 0.29) is 6.10 Å². The molecule has 4 nitrogen and oxygen atoms in total. The first-order chi connectivity index (χ1) is 7.88. The lowest BCUT2D eigenvalue weighted by atomic mass is 10.2. The molecule has 1 N–H and O–H groups in total. The molecule has 16 heavy (non-hydrogen) atoms. The first-order valence-corrected chi connectivity index (χ1v) is 6.54. The van der Waals surface area contributed by atoms with Gasteiger partial charge in [-0.2, -0.15) is 0 Å². The second-order valence-corrected chi connectivity index (χ2v) is 4.75. The summed E-state index contributed by atoms with van der Waals surface area (Å²) in [6.07, 6.45) is 2.92. The summed E-state index contributed by atoms with van der Waals surface area (Å²) >= 11 is 0. The molecule has 2 unspecified atom stereocenters. The van der Waals surface area contributed by atoms with E-state index in [2.05, 4.69) is 17.1 Å². The van der Waals surface area contributed by atoms with Crippen molar-refractivity contribution in [1.82, 2.24) is 10.2 Å². The molecule has 2 aliphatic heterocycles. The van der Waals surface area contributed by atoms with E-state index in [1.54, 1.807) is 0 Å². The van der Waals surface area contributed by atoms with Gasteiger partial charge >= 0.3 is 0 Å². The first-order valence-electron chi connectivity index (χ1n) is 6.54. The van der Waals surface area contributed by atoms with Gasteiger partial charge in [0.15, 0.2) is 0 Å². The van der Waals surface area contributed by atoms with Crippen LogP contribution in [0.4, 0.5) is 0 Å². The van der Waals surface area contributed by atoms with Crippen molar-refractivity contribution in [2.45, 2.75) is 32.0 Å². The molecule has 94 valence electrons. The number of nitrogens with zero attached hydrogens (tertiary/aromatic N) is 1. The summed E-state index contributed by atoms with van der Waals surface area (Å²) < 4.78 is 11.7. The Morgan fingerprint density at radius 2 is 1.81 bits per heavy atom. The minimum absolute atomic E-state index is 0.284. The zero-order valence-corrected chi connectivity index (χ0v) is 10.3. The van der Waals surface area contributed by atoms with Gasteiger partial charge in [0.2, 0.25) is 0 Å². The molecule has 0 aromatic rings. The van der Waals surface area contributed by atoms with Crippen molar-refractivity contribution in [3.8, 4) is 0 Å². The largest absolute Gasteiger partial charge is 0.373 e. The van der Waals surface area contributed by atoms with Crippen LogP contribution in [0.2, 0.25) is 0 Å². The summed E-state index contributed by atoms with van der Waals surface area (Å²) in [5.41, 5.74) is 0. The molecule has 0 saturated carbocycles. The average molecular weight is 228 g/mol. The highest BCUT2D eigenvalue weighted by molar-refractivity contribution is 4.75. The molecule has 4 heteroatoms. The fourth-order valence-corrected chi connectivity index (χ4v) is 2.36. The number of hydrogen-bond donors (Lipinski definition) is 1. The maximum atomic E-state index is 5.86. The molecule has 0 bridgehead atoms. The summed E-state index contributed by atoms with van der Waals surface area (Å²) in [7, 11) is 0. The van der Waals surface area contributed by atoms with Gasteiger partial charge in [0.1, 0.15) is 0 Å². The summed E-state index contributed by atoms with van der Waals surface area (Å²) in [6, 6.07) is 0. The summed E-state index contributed by atoms with van der Waals surface area (Å²) in [5.74, 6) is 0. The van der Waals surface area contributed by atoms with Gasteiger partial charge in [-0.25, -0.2) is 0 Å². The fraction of sp³-hybridized carbons (Fsp3) is 1.00.